The van der Waals surface area contributed by atoms with Crippen molar-refractivity contribution < 1.29 is 4.74 Å². The van der Waals surface area contributed by atoms with E-state index in [1.54, 1.807) is 0 Å². The first-order chi connectivity index (χ1) is 16.3. The third kappa shape index (κ3) is 3.04. The summed E-state index contributed by atoms with van der Waals surface area (Å²) in [7, 11) is 0. The fraction of sp³-hybridized carbons (Fsp3) is 0.360. The van der Waals surface area contributed by atoms with Crippen molar-refractivity contribution in [2.75, 3.05) is 29.4 Å². The van der Waals surface area contributed by atoms with Crippen LogP contribution in [0.1, 0.15) is 30.5 Å². The Morgan fingerprint density at radius 1 is 1.00 bits per heavy atom. The molecule has 0 saturated carbocycles. The van der Waals surface area contributed by atoms with Gasteiger partial charge in [-0.1, -0.05) is 18.2 Å². The molecule has 0 bridgehead atoms. The lowest BCUT2D eigenvalue weighted by Crippen LogP contribution is -2.47. The zero-order valence-electron chi connectivity index (χ0n) is 18.4. The van der Waals surface area contributed by atoms with Gasteiger partial charge >= 0.3 is 0 Å². The van der Waals surface area contributed by atoms with Crippen LogP contribution in [0, 0.1) is 0 Å². The molecule has 8 heteroatoms. The van der Waals surface area contributed by atoms with Gasteiger partial charge in [-0.2, -0.15) is 5.10 Å². The lowest BCUT2D eigenvalue weighted by molar-refractivity contribution is 0.0666. The first-order valence-electron chi connectivity index (χ1n) is 11.7. The van der Waals surface area contributed by atoms with Crippen LogP contribution in [0.25, 0.3) is 11.2 Å². The second kappa shape index (κ2) is 7.16. The number of nitrogens with one attached hydrogen (secondary N) is 1. The van der Waals surface area contributed by atoms with E-state index in [0.717, 1.165) is 91.7 Å². The summed E-state index contributed by atoms with van der Waals surface area (Å²) in [5.74, 6) is 2.77. The van der Waals surface area contributed by atoms with Gasteiger partial charge in [0.05, 0.1) is 17.6 Å². The van der Waals surface area contributed by atoms with E-state index in [4.69, 9.17) is 14.7 Å². The number of nitrogens with zero attached hydrogens (tertiary/aromatic N) is 6. The molecule has 1 saturated heterocycles. The normalized spacial score (nSPS) is 18.9. The molecule has 1 fully saturated rings. The number of aryl methyl sites for hydroxylation is 1. The van der Waals surface area contributed by atoms with Crippen LogP contribution in [0.5, 0.6) is 5.75 Å². The monoisotopic (exact) mass is 439 g/mol. The van der Waals surface area contributed by atoms with E-state index in [9.17, 15) is 0 Å². The van der Waals surface area contributed by atoms with Crippen LogP contribution in [0.4, 0.5) is 17.3 Å². The number of pyridine rings is 1. The number of para-hydroxylation sites is 1. The number of anilines is 3. The number of hydrogen-bond donors (Lipinski definition) is 1. The Balaban J connectivity index is 1.12. The molecule has 0 aliphatic carbocycles. The summed E-state index contributed by atoms with van der Waals surface area (Å²) in [6.45, 7) is 2.71. The third-order valence-corrected chi connectivity index (χ3v) is 7.26. The molecule has 3 aromatic heterocycles. The fourth-order valence-corrected chi connectivity index (χ4v) is 5.52. The topological polar surface area (TPSA) is 83.1 Å². The fourth-order valence-electron chi connectivity index (χ4n) is 5.52. The highest BCUT2D eigenvalue weighted by atomic mass is 16.5. The predicted octanol–water partition coefficient (Wildman–Crippen LogP) is 3.81. The minimum absolute atomic E-state index is 0.0748. The zero-order chi connectivity index (χ0) is 21.8. The molecule has 33 heavy (non-hydrogen) atoms. The molecule has 6 heterocycles. The molecule has 0 radical (unpaired) electrons. The summed E-state index contributed by atoms with van der Waals surface area (Å²) in [5, 5.41) is 7.71. The average molecular weight is 440 g/mol. The number of piperidine rings is 1. The van der Waals surface area contributed by atoms with Gasteiger partial charge in [-0.15, -0.1) is 0 Å². The van der Waals surface area contributed by atoms with Crippen LogP contribution in [0.2, 0.25) is 0 Å². The van der Waals surface area contributed by atoms with Gasteiger partial charge in [-0.3, -0.25) is 10.1 Å². The number of aromatic nitrogens is 5. The molecule has 166 valence electrons. The Bertz CT molecular complexity index is 1310. The standard InChI is InChI=1S/C25H25N7O/c1-2-8-20-17(5-1)15-25(33-20)9-13-31(14-10-25)21-16-27-22-23(28-21)29-30-24(22)32-12-4-6-18-19(32)7-3-11-26-18/h1-3,5,7-8,11,16H,4,6,9-10,12-15H2,(H,28,29,30). The Labute approximate surface area is 191 Å². The molecule has 1 spiro atoms. The molecule has 1 aromatic carbocycles. The van der Waals surface area contributed by atoms with Crippen LogP contribution >= 0.6 is 0 Å². The number of hydrogen-bond acceptors (Lipinski definition) is 7. The summed E-state index contributed by atoms with van der Waals surface area (Å²) in [5.41, 5.74) is 5.01. The number of fused-ring (bicyclic) bond motifs is 3. The van der Waals surface area contributed by atoms with Gasteiger partial charge in [-0.25, -0.2) is 9.97 Å². The quantitative estimate of drug-likeness (QED) is 0.509. The van der Waals surface area contributed by atoms with Gasteiger partial charge in [0, 0.05) is 45.1 Å². The number of rotatable bonds is 2. The number of benzene rings is 1. The minimum atomic E-state index is -0.0748. The zero-order valence-corrected chi connectivity index (χ0v) is 18.4. The van der Waals surface area contributed by atoms with Gasteiger partial charge in [0.15, 0.2) is 17.0 Å². The van der Waals surface area contributed by atoms with E-state index in [0.29, 0.717) is 0 Å². The van der Waals surface area contributed by atoms with Crippen LogP contribution in [0.15, 0.2) is 48.8 Å². The van der Waals surface area contributed by atoms with Crippen molar-refractivity contribution in [1.29, 1.82) is 0 Å². The van der Waals surface area contributed by atoms with Crippen LogP contribution in [0.3, 0.4) is 0 Å². The summed E-state index contributed by atoms with van der Waals surface area (Å²) in [6, 6.07) is 12.5. The molecule has 0 unspecified atom stereocenters. The molecule has 1 N–H and O–H groups in total. The summed E-state index contributed by atoms with van der Waals surface area (Å²) < 4.78 is 6.40. The highest BCUT2D eigenvalue weighted by molar-refractivity contribution is 5.87. The van der Waals surface area contributed by atoms with Crippen molar-refractivity contribution in [1.82, 2.24) is 25.1 Å². The Morgan fingerprint density at radius 3 is 2.82 bits per heavy atom. The van der Waals surface area contributed by atoms with Crippen molar-refractivity contribution in [2.45, 2.75) is 37.7 Å². The van der Waals surface area contributed by atoms with Gasteiger partial charge in [0.1, 0.15) is 17.2 Å². The summed E-state index contributed by atoms with van der Waals surface area (Å²) >= 11 is 0. The molecule has 3 aliphatic heterocycles. The van der Waals surface area contributed by atoms with Gasteiger partial charge < -0.3 is 14.5 Å². The SMILES string of the molecule is c1ccc2c(c1)CC1(CCN(c3cnc4c(N5CCCc6ncccc65)n[nH]c4n3)CC1)O2. The highest BCUT2D eigenvalue weighted by Gasteiger charge is 2.42. The average Bonchev–Trinajstić information content (AvgIpc) is 3.44. The predicted molar refractivity (Wildman–Crippen MR) is 126 cm³/mol. The van der Waals surface area contributed by atoms with Crippen LogP contribution in [-0.2, 0) is 12.8 Å². The van der Waals surface area contributed by atoms with Crippen molar-refractivity contribution in [3.05, 3.63) is 60.0 Å². The third-order valence-electron chi connectivity index (χ3n) is 7.26. The van der Waals surface area contributed by atoms with Gasteiger partial charge in [-0.05, 0) is 36.6 Å². The Hall–Kier alpha value is -3.68. The molecular weight excluding hydrogens is 414 g/mol. The number of aromatic amines is 1. The lowest BCUT2D eigenvalue weighted by Gasteiger charge is -2.39. The van der Waals surface area contributed by atoms with E-state index < -0.39 is 0 Å². The molecule has 4 aromatic rings. The van der Waals surface area contributed by atoms with Crippen molar-refractivity contribution in [2.24, 2.45) is 0 Å². The van der Waals surface area contributed by atoms with Gasteiger partial charge in [0.2, 0.25) is 0 Å². The first-order valence-corrected chi connectivity index (χ1v) is 11.7. The van der Waals surface area contributed by atoms with Crippen molar-refractivity contribution in [3.63, 3.8) is 0 Å². The van der Waals surface area contributed by atoms with Crippen LogP contribution in [-0.4, -0.2) is 50.4 Å². The maximum atomic E-state index is 6.40. The smallest absolute Gasteiger partial charge is 0.183 e. The molecule has 0 atom stereocenters. The van der Waals surface area contributed by atoms with Crippen molar-refractivity contribution >= 4 is 28.5 Å². The molecule has 3 aliphatic rings. The second-order valence-corrected chi connectivity index (χ2v) is 9.25. The Morgan fingerprint density at radius 2 is 1.91 bits per heavy atom. The van der Waals surface area contributed by atoms with E-state index in [1.807, 2.05) is 18.5 Å². The van der Waals surface area contributed by atoms with E-state index in [2.05, 4.69) is 55.3 Å². The minimum Gasteiger partial charge on any atom is -0.487 e. The summed E-state index contributed by atoms with van der Waals surface area (Å²) in [6.07, 6.45) is 8.74. The number of H-pyrrole nitrogens is 1. The molecular formula is C25H25N7O. The van der Waals surface area contributed by atoms with Gasteiger partial charge in [0.25, 0.3) is 0 Å². The maximum Gasteiger partial charge on any atom is 0.183 e. The van der Waals surface area contributed by atoms with E-state index in [1.165, 1.54) is 5.56 Å². The van der Waals surface area contributed by atoms with E-state index >= 15 is 0 Å². The Kier molecular flexibility index (Phi) is 4.09. The number of ether oxygens (including phenoxy) is 1. The second-order valence-electron chi connectivity index (χ2n) is 9.25. The first kappa shape index (κ1) is 18.8. The molecule has 8 nitrogen and oxygen atoms in total. The maximum absolute atomic E-state index is 6.40. The lowest BCUT2D eigenvalue weighted by atomic mass is 9.87. The highest BCUT2D eigenvalue weighted by Crippen LogP contribution is 2.41. The summed E-state index contributed by atoms with van der Waals surface area (Å²) in [4.78, 5) is 18.7. The molecule has 0 amide bonds. The molecule has 7 rings (SSSR count). The van der Waals surface area contributed by atoms with E-state index in [-0.39, 0.29) is 5.60 Å². The van der Waals surface area contributed by atoms with Crippen molar-refractivity contribution in [3.8, 4) is 5.75 Å². The largest absolute Gasteiger partial charge is 0.487 e. The van der Waals surface area contributed by atoms with Crippen LogP contribution < -0.4 is 14.5 Å².